The zero-order chi connectivity index (χ0) is 15.0. The average Bonchev–Trinajstić information content (AvgIpc) is 2.98. The normalized spacial score (nSPS) is 12.7. The average molecular weight is 294 g/mol. The Morgan fingerprint density at radius 2 is 1.90 bits per heavy atom. The highest BCUT2D eigenvalue weighted by Crippen LogP contribution is 2.27. The van der Waals surface area contributed by atoms with Crippen molar-refractivity contribution in [2.75, 3.05) is 0 Å². The number of rotatable bonds is 5. The Kier molecular flexibility index (Phi) is 4.11. The van der Waals surface area contributed by atoms with Crippen LogP contribution in [0.5, 0.6) is 0 Å². The maximum absolute atomic E-state index is 10.2. The first-order chi connectivity index (χ1) is 9.21. The highest BCUT2D eigenvalue weighted by Gasteiger charge is 2.39. The van der Waals surface area contributed by atoms with Crippen molar-refractivity contribution in [1.29, 1.82) is 0 Å². The van der Waals surface area contributed by atoms with Gasteiger partial charge in [0.2, 0.25) is 0 Å². The minimum atomic E-state index is -1.08. The lowest BCUT2D eigenvalue weighted by Gasteiger charge is -2.38. The van der Waals surface area contributed by atoms with E-state index in [-0.39, 0.29) is 0 Å². The molecule has 0 aliphatic heterocycles. The minimum absolute atomic E-state index is 0.675. The third kappa shape index (κ3) is 3.15. The molecule has 0 atom stereocenters. The molecule has 0 radical (unpaired) electrons. The molecule has 0 saturated heterocycles. The molecular weight excluding hydrogens is 275 g/mol. The van der Waals surface area contributed by atoms with Crippen LogP contribution in [0.2, 0.25) is 0 Å². The third-order valence-corrected chi connectivity index (χ3v) is 4.64. The van der Waals surface area contributed by atoms with Crippen LogP contribution in [0.1, 0.15) is 27.7 Å². The van der Waals surface area contributed by atoms with E-state index in [4.69, 9.17) is 9.07 Å². The fraction of sp³-hybridized carbons (Fsp3) is 0.429. The van der Waals surface area contributed by atoms with E-state index in [1.54, 1.807) is 40.0 Å². The first kappa shape index (κ1) is 15.3. The number of thiophene rings is 1. The van der Waals surface area contributed by atoms with Crippen molar-refractivity contribution >= 4 is 23.2 Å². The van der Waals surface area contributed by atoms with Crippen molar-refractivity contribution in [3.05, 3.63) is 30.5 Å². The number of aliphatic hydroxyl groups is 1. The summed E-state index contributed by atoms with van der Waals surface area (Å²) < 4.78 is 11.6. The van der Waals surface area contributed by atoms with Crippen molar-refractivity contribution in [3.8, 4) is 10.6 Å². The molecule has 0 amide bonds. The van der Waals surface area contributed by atoms with Crippen LogP contribution in [0.25, 0.3) is 10.6 Å². The molecule has 0 spiro atoms. The van der Waals surface area contributed by atoms with Crippen LogP contribution in [0.3, 0.4) is 0 Å². The van der Waals surface area contributed by atoms with Gasteiger partial charge in [-0.15, -0.1) is 11.3 Å². The lowest BCUT2D eigenvalue weighted by Crippen LogP contribution is -2.52. The van der Waals surface area contributed by atoms with Crippen molar-refractivity contribution in [2.45, 2.75) is 38.9 Å². The summed E-state index contributed by atoms with van der Waals surface area (Å²) >= 11 is 1.40. The maximum atomic E-state index is 10.2. The van der Waals surface area contributed by atoms with Gasteiger partial charge in [-0.2, -0.15) is 0 Å². The highest BCUT2D eigenvalue weighted by molar-refractivity contribution is 7.24. The van der Waals surface area contributed by atoms with E-state index >= 15 is 0 Å². The first-order valence-electron chi connectivity index (χ1n) is 6.42. The smallest absolute Gasteiger partial charge is 0.464 e. The van der Waals surface area contributed by atoms with E-state index in [2.05, 4.69) is 0 Å². The molecule has 6 heteroatoms. The number of furan rings is 1. The number of hydrogen-bond donors (Lipinski definition) is 2. The fourth-order valence-electron chi connectivity index (χ4n) is 1.52. The van der Waals surface area contributed by atoms with E-state index in [9.17, 15) is 10.1 Å². The second kappa shape index (κ2) is 5.37. The molecule has 2 N–H and O–H groups in total. The van der Waals surface area contributed by atoms with Crippen molar-refractivity contribution in [2.24, 2.45) is 0 Å². The van der Waals surface area contributed by atoms with Gasteiger partial charge in [-0.3, -0.25) is 0 Å². The zero-order valence-electron chi connectivity index (χ0n) is 12.1. The van der Waals surface area contributed by atoms with Gasteiger partial charge in [0, 0.05) is 4.78 Å². The summed E-state index contributed by atoms with van der Waals surface area (Å²) in [5, 5.41) is 20.2. The minimum Gasteiger partial charge on any atom is -0.464 e. The fourth-order valence-corrected chi connectivity index (χ4v) is 2.41. The van der Waals surface area contributed by atoms with Crippen LogP contribution in [0, 0.1) is 0 Å². The van der Waals surface area contributed by atoms with Gasteiger partial charge in [-0.05, 0) is 45.9 Å². The largest absolute Gasteiger partial charge is 0.502 e. The SMILES string of the molecule is CC(C)(O)C(C)(C)OB(O)c1ccc(-c2ccco2)s1. The van der Waals surface area contributed by atoms with E-state index < -0.39 is 18.3 Å². The van der Waals surface area contributed by atoms with E-state index in [0.29, 0.717) is 4.78 Å². The van der Waals surface area contributed by atoms with Crippen LogP contribution in [-0.2, 0) is 4.65 Å². The Hall–Kier alpha value is -1.08. The molecular formula is C14H19BO4S. The molecule has 0 unspecified atom stereocenters. The Morgan fingerprint density at radius 1 is 1.20 bits per heavy atom. The molecule has 2 rings (SSSR count). The summed E-state index contributed by atoms with van der Waals surface area (Å²) in [5.41, 5.74) is -1.93. The molecule has 0 aliphatic carbocycles. The molecule has 2 heterocycles. The Bertz CT molecular complexity index is 554. The molecule has 2 aromatic heterocycles. The molecule has 0 bridgehead atoms. The molecule has 0 aromatic carbocycles. The van der Waals surface area contributed by atoms with Gasteiger partial charge in [0.1, 0.15) is 5.76 Å². The predicted octanol–water partition coefficient (Wildman–Crippen LogP) is 2.26. The van der Waals surface area contributed by atoms with Gasteiger partial charge in [0.25, 0.3) is 0 Å². The standard InChI is InChI=1S/C14H19BO4S/c1-13(2,16)14(3,4)19-15(17)12-8-7-11(20-12)10-6-5-9-18-10/h5-9,16-17H,1-4H3. The monoisotopic (exact) mass is 294 g/mol. The van der Waals surface area contributed by atoms with Crippen LogP contribution in [0.4, 0.5) is 0 Å². The Labute approximate surface area is 123 Å². The van der Waals surface area contributed by atoms with Crippen molar-refractivity contribution in [3.63, 3.8) is 0 Å². The summed E-state index contributed by atoms with van der Waals surface area (Å²) in [6.07, 6.45) is 1.61. The first-order valence-corrected chi connectivity index (χ1v) is 7.24. The second-order valence-electron chi connectivity index (χ2n) is 5.72. The Morgan fingerprint density at radius 3 is 2.45 bits per heavy atom. The second-order valence-corrected chi connectivity index (χ2v) is 6.83. The van der Waals surface area contributed by atoms with Gasteiger partial charge in [0.05, 0.1) is 22.3 Å². The van der Waals surface area contributed by atoms with E-state index in [1.165, 1.54) is 11.3 Å². The highest BCUT2D eigenvalue weighted by atomic mass is 32.1. The molecule has 20 heavy (non-hydrogen) atoms. The van der Waals surface area contributed by atoms with Crippen molar-refractivity contribution in [1.82, 2.24) is 0 Å². The van der Waals surface area contributed by atoms with Gasteiger partial charge in [-0.25, -0.2) is 0 Å². The summed E-state index contributed by atoms with van der Waals surface area (Å²) in [5.74, 6) is 0.759. The van der Waals surface area contributed by atoms with E-state index in [1.807, 2.05) is 18.2 Å². The molecule has 0 saturated carbocycles. The quantitative estimate of drug-likeness (QED) is 0.830. The topological polar surface area (TPSA) is 62.8 Å². The summed E-state index contributed by atoms with van der Waals surface area (Å²) in [6, 6.07) is 7.36. The summed E-state index contributed by atoms with van der Waals surface area (Å²) in [7, 11) is -1.08. The Balaban J connectivity index is 2.13. The predicted molar refractivity (Wildman–Crippen MR) is 81.1 cm³/mol. The molecule has 0 fully saturated rings. The van der Waals surface area contributed by atoms with Crippen LogP contribution in [-0.4, -0.2) is 28.5 Å². The molecule has 2 aromatic rings. The number of hydrogen-bond acceptors (Lipinski definition) is 5. The van der Waals surface area contributed by atoms with E-state index in [0.717, 1.165) is 10.6 Å². The lowest BCUT2D eigenvalue weighted by molar-refractivity contribution is -0.0981. The molecule has 0 aliphatic rings. The summed E-state index contributed by atoms with van der Waals surface area (Å²) in [4.78, 5) is 0.925. The van der Waals surface area contributed by atoms with Crippen LogP contribution >= 0.6 is 11.3 Å². The van der Waals surface area contributed by atoms with Crippen LogP contribution < -0.4 is 4.78 Å². The molecule has 108 valence electrons. The summed E-state index contributed by atoms with van der Waals surface area (Å²) in [6.45, 7) is 6.80. The van der Waals surface area contributed by atoms with Crippen molar-refractivity contribution < 1.29 is 19.2 Å². The van der Waals surface area contributed by atoms with Gasteiger partial charge < -0.3 is 19.2 Å². The third-order valence-electron chi connectivity index (χ3n) is 3.51. The van der Waals surface area contributed by atoms with Gasteiger partial charge >= 0.3 is 7.12 Å². The van der Waals surface area contributed by atoms with Crippen LogP contribution in [0.15, 0.2) is 34.9 Å². The van der Waals surface area contributed by atoms with Gasteiger partial charge in [0.15, 0.2) is 0 Å². The maximum Gasteiger partial charge on any atom is 0.502 e. The lowest BCUT2D eigenvalue weighted by atomic mass is 9.82. The molecule has 4 nitrogen and oxygen atoms in total. The zero-order valence-corrected chi connectivity index (χ0v) is 12.9. The van der Waals surface area contributed by atoms with Gasteiger partial charge in [-0.1, -0.05) is 6.07 Å².